The van der Waals surface area contributed by atoms with Gasteiger partial charge in [0.1, 0.15) is 11.6 Å². The second-order valence-electron chi connectivity index (χ2n) is 5.97. The fourth-order valence-electron chi connectivity index (χ4n) is 2.61. The molecule has 0 aromatic carbocycles. The Balaban J connectivity index is 1.79. The Hall–Kier alpha value is -2.58. The summed E-state index contributed by atoms with van der Waals surface area (Å²) < 4.78 is 39.4. The van der Waals surface area contributed by atoms with Crippen molar-refractivity contribution in [3.8, 4) is 0 Å². The first kappa shape index (κ1) is 17.2. The van der Waals surface area contributed by atoms with Crippen LogP contribution in [0.25, 0.3) is 0 Å². The third kappa shape index (κ3) is 3.92. The molecule has 0 atom stereocenters. The molecule has 0 amide bonds. The van der Waals surface area contributed by atoms with Crippen LogP contribution < -0.4 is 14.7 Å². The van der Waals surface area contributed by atoms with Gasteiger partial charge >= 0.3 is 6.18 Å². The van der Waals surface area contributed by atoms with Crippen LogP contribution in [0.1, 0.15) is 5.69 Å². The lowest BCUT2D eigenvalue weighted by Gasteiger charge is -2.35. The smallest absolute Gasteiger partial charge is 0.363 e. The topological polar surface area (TPSA) is 48.4 Å². The van der Waals surface area contributed by atoms with Crippen LogP contribution in [-0.2, 0) is 6.18 Å². The van der Waals surface area contributed by atoms with Crippen LogP contribution >= 0.6 is 0 Å². The van der Waals surface area contributed by atoms with E-state index in [0.717, 1.165) is 11.9 Å². The first-order valence-electron chi connectivity index (χ1n) is 7.89. The largest absolute Gasteiger partial charge is 0.433 e. The number of aromatic nitrogens is 3. The third-order valence-corrected chi connectivity index (χ3v) is 3.99. The van der Waals surface area contributed by atoms with Gasteiger partial charge in [0.25, 0.3) is 0 Å². The van der Waals surface area contributed by atoms with E-state index in [0.29, 0.717) is 26.2 Å². The molecule has 1 aliphatic heterocycles. The summed E-state index contributed by atoms with van der Waals surface area (Å²) in [4.78, 5) is 17.7. The van der Waals surface area contributed by atoms with Gasteiger partial charge in [-0.25, -0.2) is 9.97 Å². The summed E-state index contributed by atoms with van der Waals surface area (Å²) in [6, 6.07) is 6.64. The number of hydrogen-bond donors (Lipinski definition) is 0. The van der Waals surface area contributed by atoms with Crippen LogP contribution in [0.2, 0.25) is 0 Å². The van der Waals surface area contributed by atoms with Crippen molar-refractivity contribution in [2.75, 3.05) is 55.0 Å². The van der Waals surface area contributed by atoms with E-state index in [-0.39, 0.29) is 11.8 Å². The van der Waals surface area contributed by atoms with Crippen molar-refractivity contribution in [1.29, 1.82) is 0 Å². The number of alkyl halides is 3. The van der Waals surface area contributed by atoms with Gasteiger partial charge in [-0.05, 0) is 12.1 Å². The van der Waals surface area contributed by atoms with Gasteiger partial charge in [-0.1, -0.05) is 6.07 Å². The highest BCUT2D eigenvalue weighted by Gasteiger charge is 2.34. The second-order valence-corrected chi connectivity index (χ2v) is 5.97. The van der Waals surface area contributed by atoms with Crippen LogP contribution in [0.5, 0.6) is 0 Å². The standard InChI is InChI=1S/C16H19F3N6/c1-23(2)14-11-12(16(17,18)19)21-15(22-14)25-9-7-24(8-10-25)13-5-3-4-6-20-13/h3-6,11H,7-10H2,1-2H3. The molecule has 3 rings (SSSR count). The summed E-state index contributed by atoms with van der Waals surface area (Å²) in [7, 11) is 3.32. The van der Waals surface area contributed by atoms with Crippen LogP contribution in [0.15, 0.2) is 30.5 Å². The minimum absolute atomic E-state index is 0.110. The maximum atomic E-state index is 13.1. The Kier molecular flexibility index (Phi) is 4.65. The van der Waals surface area contributed by atoms with E-state index < -0.39 is 11.9 Å². The lowest BCUT2D eigenvalue weighted by atomic mass is 10.3. The number of rotatable bonds is 3. The molecule has 0 saturated carbocycles. The molecule has 0 radical (unpaired) electrons. The van der Waals surface area contributed by atoms with Crippen LogP contribution in [0, 0.1) is 0 Å². The number of nitrogens with zero attached hydrogens (tertiary/aromatic N) is 6. The van der Waals surface area contributed by atoms with Crippen molar-refractivity contribution < 1.29 is 13.2 Å². The van der Waals surface area contributed by atoms with Gasteiger partial charge in [-0.3, -0.25) is 0 Å². The van der Waals surface area contributed by atoms with Crippen molar-refractivity contribution in [2.45, 2.75) is 6.18 Å². The zero-order valence-corrected chi connectivity index (χ0v) is 14.0. The van der Waals surface area contributed by atoms with Crippen molar-refractivity contribution >= 4 is 17.6 Å². The average molecular weight is 352 g/mol. The number of anilines is 3. The highest BCUT2D eigenvalue weighted by atomic mass is 19.4. The molecule has 0 bridgehead atoms. The van der Waals surface area contributed by atoms with Crippen molar-refractivity contribution in [2.24, 2.45) is 0 Å². The molecule has 134 valence electrons. The monoisotopic (exact) mass is 352 g/mol. The average Bonchev–Trinajstić information content (AvgIpc) is 2.61. The number of hydrogen-bond acceptors (Lipinski definition) is 6. The molecule has 0 unspecified atom stereocenters. The summed E-state index contributed by atoms with van der Waals surface area (Å²) in [6.07, 6.45) is -2.78. The molecule has 3 heterocycles. The molecule has 0 N–H and O–H groups in total. The molecular formula is C16H19F3N6. The van der Waals surface area contributed by atoms with E-state index in [1.54, 1.807) is 30.1 Å². The lowest BCUT2D eigenvalue weighted by molar-refractivity contribution is -0.141. The van der Waals surface area contributed by atoms with Gasteiger partial charge in [-0.2, -0.15) is 18.2 Å². The molecular weight excluding hydrogens is 333 g/mol. The minimum Gasteiger partial charge on any atom is -0.363 e. The van der Waals surface area contributed by atoms with Gasteiger partial charge in [0.05, 0.1) is 0 Å². The summed E-state index contributed by atoms with van der Waals surface area (Å²) in [5.74, 6) is 1.21. The Morgan fingerprint density at radius 3 is 2.24 bits per heavy atom. The summed E-state index contributed by atoms with van der Waals surface area (Å²) >= 11 is 0. The van der Waals surface area contributed by atoms with Gasteiger partial charge in [-0.15, -0.1) is 0 Å². The van der Waals surface area contributed by atoms with Crippen LogP contribution in [-0.4, -0.2) is 55.2 Å². The summed E-state index contributed by atoms with van der Waals surface area (Å²) in [5, 5.41) is 0. The SMILES string of the molecule is CN(C)c1cc(C(F)(F)F)nc(N2CCN(c3ccccn3)CC2)n1. The van der Waals surface area contributed by atoms with E-state index in [1.165, 1.54) is 0 Å². The molecule has 9 heteroatoms. The lowest BCUT2D eigenvalue weighted by Crippen LogP contribution is -2.47. The molecule has 2 aromatic rings. The van der Waals surface area contributed by atoms with Crippen LogP contribution in [0.4, 0.5) is 30.8 Å². The number of halogens is 3. The predicted octanol–water partition coefficient (Wildman–Crippen LogP) is 2.28. The highest BCUT2D eigenvalue weighted by Crippen LogP contribution is 2.31. The van der Waals surface area contributed by atoms with Gasteiger partial charge in [0.2, 0.25) is 5.95 Å². The molecule has 1 fully saturated rings. The molecule has 1 aliphatic rings. The van der Waals surface area contributed by atoms with E-state index in [1.807, 2.05) is 18.2 Å². The van der Waals surface area contributed by atoms with Crippen molar-refractivity contribution in [3.05, 3.63) is 36.2 Å². The third-order valence-electron chi connectivity index (χ3n) is 3.99. The van der Waals surface area contributed by atoms with Crippen LogP contribution in [0.3, 0.4) is 0 Å². The van der Waals surface area contributed by atoms with Crippen molar-refractivity contribution in [1.82, 2.24) is 15.0 Å². The van der Waals surface area contributed by atoms with Crippen molar-refractivity contribution in [3.63, 3.8) is 0 Å². The van der Waals surface area contributed by atoms with E-state index >= 15 is 0 Å². The first-order valence-corrected chi connectivity index (χ1v) is 7.89. The second kappa shape index (κ2) is 6.73. The number of pyridine rings is 1. The van der Waals surface area contributed by atoms with Gasteiger partial charge in [0, 0.05) is 52.5 Å². The molecule has 1 saturated heterocycles. The van der Waals surface area contributed by atoms with E-state index in [2.05, 4.69) is 19.9 Å². The zero-order valence-electron chi connectivity index (χ0n) is 14.0. The maximum Gasteiger partial charge on any atom is 0.433 e. The Morgan fingerprint density at radius 1 is 1.00 bits per heavy atom. The van der Waals surface area contributed by atoms with E-state index in [9.17, 15) is 13.2 Å². The first-order chi connectivity index (χ1) is 11.8. The Labute approximate surface area is 143 Å². The van der Waals surface area contributed by atoms with E-state index in [4.69, 9.17) is 0 Å². The van der Waals surface area contributed by atoms with Gasteiger partial charge in [0.15, 0.2) is 5.69 Å². The highest BCUT2D eigenvalue weighted by molar-refractivity contribution is 5.47. The van der Waals surface area contributed by atoms with Gasteiger partial charge < -0.3 is 14.7 Å². The minimum atomic E-state index is -4.50. The Morgan fingerprint density at radius 2 is 1.68 bits per heavy atom. The molecule has 2 aromatic heterocycles. The normalized spacial score (nSPS) is 15.4. The predicted molar refractivity (Wildman–Crippen MR) is 90.0 cm³/mol. The Bertz CT molecular complexity index is 712. The molecule has 6 nitrogen and oxygen atoms in total. The summed E-state index contributed by atoms with van der Waals surface area (Å²) in [6.45, 7) is 2.36. The molecule has 25 heavy (non-hydrogen) atoms. The summed E-state index contributed by atoms with van der Waals surface area (Å²) in [5.41, 5.74) is -0.923. The quantitative estimate of drug-likeness (QED) is 0.845. The molecule has 0 aliphatic carbocycles. The fraction of sp³-hybridized carbons (Fsp3) is 0.438. The fourth-order valence-corrected chi connectivity index (χ4v) is 2.61. The zero-order chi connectivity index (χ0) is 18.0. The molecule has 0 spiro atoms. The maximum absolute atomic E-state index is 13.1. The number of piperazine rings is 1.